The molecule has 2 aliphatic heterocycles. The highest BCUT2D eigenvalue weighted by atomic mass is 32.2. The lowest BCUT2D eigenvalue weighted by Crippen LogP contribution is -2.55. The normalized spacial score (nSPS) is 26.6. The zero-order valence-electron chi connectivity index (χ0n) is 11.1. The Morgan fingerprint density at radius 3 is 3.11 bits per heavy atom. The monoisotopic (exact) mass is 277 g/mol. The van der Waals surface area contributed by atoms with Crippen LogP contribution in [-0.4, -0.2) is 36.7 Å². The van der Waals surface area contributed by atoms with Crippen molar-refractivity contribution in [3.05, 3.63) is 24.3 Å². The number of ether oxygens (including phenoxy) is 1. The van der Waals surface area contributed by atoms with Crippen LogP contribution in [0.4, 0.5) is 5.69 Å². The Balaban J connectivity index is 1.97. The summed E-state index contributed by atoms with van der Waals surface area (Å²) >= 11 is 2.00. The summed E-state index contributed by atoms with van der Waals surface area (Å²) in [4.78, 5) is 6.70. The first-order chi connectivity index (χ1) is 9.25. The fraction of sp³-hybridized carbons (Fsp3) is 0.500. The van der Waals surface area contributed by atoms with Gasteiger partial charge in [-0.15, -0.1) is 0 Å². The first kappa shape index (κ1) is 12.7. The molecule has 1 saturated heterocycles. The molecule has 1 aromatic rings. The van der Waals surface area contributed by atoms with E-state index in [1.165, 1.54) is 12.2 Å². The van der Waals surface area contributed by atoms with Gasteiger partial charge < -0.3 is 15.4 Å². The van der Waals surface area contributed by atoms with Crippen LogP contribution in [0.15, 0.2) is 29.3 Å². The van der Waals surface area contributed by atoms with Crippen molar-refractivity contribution < 1.29 is 4.74 Å². The first-order valence-electron chi connectivity index (χ1n) is 6.57. The first-order valence-corrected chi connectivity index (χ1v) is 7.73. The van der Waals surface area contributed by atoms with Crippen LogP contribution in [0.2, 0.25) is 0 Å². The number of methoxy groups -OCH3 is 1. The molecule has 1 atom stereocenters. The molecular formula is C14H19N3OS. The second-order valence-electron chi connectivity index (χ2n) is 5.09. The zero-order valence-corrected chi connectivity index (χ0v) is 11.9. The quantitative estimate of drug-likeness (QED) is 0.899. The van der Waals surface area contributed by atoms with Gasteiger partial charge in [-0.25, -0.2) is 0 Å². The van der Waals surface area contributed by atoms with E-state index in [1.54, 1.807) is 7.11 Å². The number of anilines is 1. The van der Waals surface area contributed by atoms with Crippen LogP contribution in [0.5, 0.6) is 5.75 Å². The van der Waals surface area contributed by atoms with E-state index >= 15 is 0 Å². The zero-order chi connectivity index (χ0) is 13.3. The number of benzene rings is 1. The smallest absolute Gasteiger partial charge is 0.196 e. The van der Waals surface area contributed by atoms with Gasteiger partial charge in [-0.1, -0.05) is 6.07 Å². The van der Waals surface area contributed by atoms with Crippen LogP contribution in [0, 0.1) is 0 Å². The molecule has 3 rings (SSSR count). The Morgan fingerprint density at radius 1 is 1.47 bits per heavy atom. The molecule has 102 valence electrons. The number of rotatable bonds is 2. The lowest BCUT2D eigenvalue weighted by molar-refractivity contribution is 0.414. The number of aliphatic imine (C=N–C) groups is 1. The van der Waals surface area contributed by atoms with Crippen molar-refractivity contribution in [2.24, 2.45) is 10.7 Å². The maximum absolute atomic E-state index is 6.13. The van der Waals surface area contributed by atoms with Crippen molar-refractivity contribution in [2.75, 3.05) is 30.1 Å². The minimum Gasteiger partial charge on any atom is -0.497 e. The Labute approximate surface area is 118 Å². The number of nitrogens with two attached hydrogens (primary N) is 1. The Hall–Kier alpha value is -1.36. The molecule has 4 nitrogen and oxygen atoms in total. The predicted octanol–water partition coefficient (Wildman–Crippen LogP) is 2.10. The van der Waals surface area contributed by atoms with E-state index in [4.69, 9.17) is 10.5 Å². The summed E-state index contributed by atoms with van der Waals surface area (Å²) in [7, 11) is 1.69. The molecule has 0 bridgehead atoms. The lowest BCUT2D eigenvalue weighted by Gasteiger charge is -2.41. The molecule has 2 aliphatic rings. The molecule has 0 radical (unpaired) electrons. The van der Waals surface area contributed by atoms with Gasteiger partial charge in [0.1, 0.15) is 5.75 Å². The van der Waals surface area contributed by atoms with E-state index < -0.39 is 0 Å². The molecular weight excluding hydrogens is 258 g/mol. The molecule has 19 heavy (non-hydrogen) atoms. The number of hydrogen-bond donors (Lipinski definition) is 1. The highest BCUT2D eigenvalue weighted by Crippen LogP contribution is 2.39. The number of guanidine groups is 1. The summed E-state index contributed by atoms with van der Waals surface area (Å²) in [5, 5.41) is 0. The fourth-order valence-corrected chi connectivity index (χ4v) is 4.14. The molecule has 1 aromatic carbocycles. The Kier molecular flexibility index (Phi) is 3.31. The van der Waals surface area contributed by atoms with Gasteiger partial charge in [0, 0.05) is 17.5 Å². The molecule has 0 saturated carbocycles. The Bertz CT molecular complexity index is 497. The topological polar surface area (TPSA) is 50.9 Å². The molecule has 5 heteroatoms. The van der Waals surface area contributed by atoms with Crippen LogP contribution >= 0.6 is 11.8 Å². The van der Waals surface area contributed by atoms with Gasteiger partial charge in [-0.2, -0.15) is 11.8 Å². The summed E-state index contributed by atoms with van der Waals surface area (Å²) in [6, 6.07) is 8.07. The van der Waals surface area contributed by atoms with Gasteiger partial charge in [0.2, 0.25) is 0 Å². The maximum atomic E-state index is 6.13. The van der Waals surface area contributed by atoms with Crippen LogP contribution in [0.25, 0.3) is 0 Å². The van der Waals surface area contributed by atoms with E-state index in [-0.39, 0.29) is 5.54 Å². The summed E-state index contributed by atoms with van der Waals surface area (Å²) in [6.07, 6.45) is 2.38. The molecule has 0 amide bonds. The van der Waals surface area contributed by atoms with Crippen LogP contribution < -0.4 is 15.4 Å². The van der Waals surface area contributed by atoms with Gasteiger partial charge in [-0.3, -0.25) is 4.99 Å². The highest BCUT2D eigenvalue weighted by Gasteiger charge is 2.44. The average molecular weight is 277 g/mol. The van der Waals surface area contributed by atoms with E-state index in [1.807, 2.05) is 30.0 Å². The van der Waals surface area contributed by atoms with E-state index in [9.17, 15) is 0 Å². The molecule has 1 fully saturated rings. The van der Waals surface area contributed by atoms with E-state index in [0.29, 0.717) is 5.96 Å². The highest BCUT2D eigenvalue weighted by molar-refractivity contribution is 7.99. The van der Waals surface area contributed by atoms with Crippen LogP contribution in [0.1, 0.15) is 12.8 Å². The minimum atomic E-state index is 0.0688. The number of hydrogen-bond acceptors (Lipinski definition) is 5. The molecule has 1 spiro atoms. The van der Waals surface area contributed by atoms with Gasteiger partial charge in [0.15, 0.2) is 5.96 Å². The summed E-state index contributed by atoms with van der Waals surface area (Å²) in [5.41, 5.74) is 7.29. The number of thioether (sulfide) groups is 1. The summed E-state index contributed by atoms with van der Waals surface area (Å²) in [5.74, 6) is 3.83. The fourth-order valence-electron chi connectivity index (χ4n) is 2.91. The van der Waals surface area contributed by atoms with Crippen molar-refractivity contribution >= 4 is 23.4 Å². The van der Waals surface area contributed by atoms with Crippen molar-refractivity contribution in [2.45, 2.75) is 18.4 Å². The van der Waals surface area contributed by atoms with Crippen LogP contribution in [-0.2, 0) is 0 Å². The van der Waals surface area contributed by atoms with Crippen molar-refractivity contribution in [3.8, 4) is 5.75 Å². The van der Waals surface area contributed by atoms with Gasteiger partial charge >= 0.3 is 0 Å². The second-order valence-corrected chi connectivity index (χ2v) is 6.20. The minimum absolute atomic E-state index is 0.0688. The van der Waals surface area contributed by atoms with Crippen LogP contribution in [0.3, 0.4) is 0 Å². The van der Waals surface area contributed by atoms with E-state index in [0.717, 1.165) is 30.2 Å². The Morgan fingerprint density at radius 2 is 2.37 bits per heavy atom. The largest absolute Gasteiger partial charge is 0.497 e. The maximum Gasteiger partial charge on any atom is 0.196 e. The van der Waals surface area contributed by atoms with E-state index in [2.05, 4.69) is 16.0 Å². The van der Waals surface area contributed by atoms with Crippen molar-refractivity contribution in [1.29, 1.82) is 0 Å². The average Bonchev–Trinajstić information content (AvgIpc) is 2.76. The third-order valence-corrected chi connectivity index (χ3v) is 5.17. The lowest BCUT2D eigenvalue weighted by atomic mass is 9.93. The third kappa shape index (κ3) is 2.16. The molecule has 0 aliphatic carbocycles. The molecule has 2 N–H and O–H groups in total. The van der Waals surface area contributed by atoms with Gasteiger partial charge in [-0.05, 0) is 30.7 Å². The summed E-state index contributed by atoms with van der Waals surface area (Å²) < 4.78 is 5.31. The predicted molar refractivity (Wildman–Crippen MR) is 81.3 cm³/mol. The molecule has 1 unspecified atom stereocenters. The molecule has 0 aromatic heterocycles. The van der Waals surface area contributed by atoms with Gasteiger partial charge in [0.05, 0.1) is 19.2 Å². The third-order valence-electron chi connectivity index (χ3n) is 3.85. The van der Waals surface area contributed by atoms with Crippen molar-refractivity contribution in [1.82, 2.24) is 0 Å². The van der Waals surface area contributed by atoms with Gasteiger partial charge in [0.25, 0.3) is 0 Å². The summed E-state index contributed by atoms with van der Waals surface area (Å²) in [6.45, 7) is 0.809. The standard InChI is InChI=1S/C14H19N3OS/c1-18-12-5-2-4-11(8-12)17-13(15)16-9-14(17)6-3-7-19-10-14/h2,4-5,8H,3,6-7,9-10H2,1H3,(H2,15,16). The SMILES string of the molecule is COc1cccc(N2C(N)=NCC23CCCSC3)c1. The second kappa shape index (κ2) is 4.96. The molecule has 2 heterocycles. The number of nitrogens with zero attached hydrogens (tertiary/aromatic N) is 2. The van der Waals surface area contributed by atoms with Crippen molar-refractivity contribution in [3.63, 3.8) is 0 Å².